The third-order valence-corrected chi connectivity index (χ3v) is 5.38. The predicted octanol–water partition coefficient (Wildman–Crippen LogP) is 2.31. The van der Waals surface area contributed by atoms with Crippen molar-refractivity contribution in [3.05, 3.63) is 21.9 Å². The van der Waals surface area contributed by atoms with Gasteiger partial charge in [0, 0.05) is 18.5 Å². The third-order valence-electron chi connectivity index (χ3n) is 3.16. The lowest BCUT2D eigenvalue weighted by Gasteiger charge is -2.26. The zero-order valence-electron chi connectivity index (χ0n) is 10.8. The van der Waals surface area contributed by atoms with E-state index in [0.717, 1.165) is 12.2 Å². The summed E-state index contributed by atoms with van der Waals surface area (Å²) in [7, 11) is 1.83. The maximum absolute atomic E-state index is 12.4. The van der Waals surface area contributed by atoms with Crippen LogP contribution in [0.1, 0.15) is 29.0 Å². The van der Waals surface area contributed by atoms with Crippen LogP contribution in [0, 0.1) is 0 Å². The molecule has 2 atom stereocenters. The quantitative estimate of drug-likeness (QED) is 0.923. The van der Waals surface area contributed by atoms with Gasteiger partial charge in [-0.2, -0.15) is 0 Å². The molecule has 3 nitrogen and oxygen atoms in total. The molecule has 0 aromatic carbocycles. The van der Waals surface area contributed by atoms with Crippen LogP contribution in [-0.4, -0.2) is 41.4 Å². The highest BCUT2D eigenvalue weighted by Gasteiger charge is 2.29. The van der Waals surface area contributed by atoms with E-state index in [9.17, 15) is 9.90 Å². The minimum Gasteiger partial charge on any atom is -0.393 e. The van der Waals surface area contributed by atoms with Crippen LogP contribution in [0.25, 0.3) is 0 Å². The number of hydrogen-bond acceptors (Lipinski definition) is 4. The van der Waals surface area contributed by atoms with Crippen molar-refractivity contribution < 1.29 is 9.90 Å². The molecule has 0 aliphatic carbocycles. The Hall–Kier alpha value is -0.520. The summed E-state index contributed by atoms with van der Waals surface area (Å²) >= 11 is 3.49. The number of hydrogen-bond donors (Lipinski definition) is 1. The van der Waals surface area contributed by atoms with E-state index in [-0.39, 0.29) is 17.3 Å². The second-order valence-electron chi connectivity index (χ2n) is 4.70. The lowest BCUT2D eigenvalue weighted by atomic mass is 10.1. The minimum atomic E-state index is -0.351. The number of aliphatic hydroxyl groups excluding tert-OH is 1. The number of carbonyl (C=O) groups excluding carboxylic acids is 1. The molecule has 18 heavy (non-hydrogen) atoms. The van der Waals surface area contributed by atoms with Gasteiger partial charge >= 0.3 is 0 Å². The third kappa shape index (κ3) is 3.08. The molecule has 0 bridgehead atoms. The maximum atomic E-state index is 12.4. The van der Waals surface area contributed by atoms with Crippen molar-refractivity contribution >= 4 is 29.0 Å². The lowest BCUT2D eigenvalue weighted by Crippen LogP contribution is -2.33. The van der Waals surface area contributed by atoms with Crippen molar-refractivity contribution in [3.63, 3.8) is 0 Å². The van der Waals surface area contributed by atoms with Gasteiger partial charge in [-0.25, -0.2) is 0 Å². The molecule has 1 N–H and O–H groups in total. The highest BCUT2D eigenvalue weighted by atomic mass is 32.2. The number of amides is 1. The van der Waals surface area contributed by atoms with Gasteiger partial charge < -0.3 is 10.0 Å². The molecule has 1 aliphatic rings. The summed E-state index contributed by atoms with van der Waals surface area (Å²) in [5, 5.41) is 11.3. The highest BCUT2D eigenvalue weighted by Crippen LogP contribution is 2.40. The molecule has 0 fully saturated rings. The SMILES string of the molecule is CC(O)CCN(C)C(=O)C1SCCc2sccc21. The second-order valence-corrected chi connectivity index (χ2v) is 6.91. The summed E-state index contributed by atoms with van der Waals surface area (Å²) < 4.78 is 0. The van der Waals surface area contributed by atoms with Crippen LogP contribution in [0.5, 0.6) is 0 Å². The topological polar surface area (TPSA) is 40.5 Å². The van der Waals surface area contributed by atoms with E-state index >= 15 is 0 Å². The number of aryl methyl sites for hydroxylation is 1. The first-order valence-corrected chi connectivity index (χ1v) is 8.13. The zero-order valence-corrected chi connectivity index (χ0v) is 12.4. The van der Waals surface area contributed by atoms with Crippen molar-refractivity contribution in [2.75, 3.05) is 19.3 Å². The number of aliphatic hydroxyl groups is 1. The summed E-state index contributed by atoms with van der Waals surface area (Å²) in [6.07, 6.45) is 1.37. The van der Waals surface area contributed by atoms with Crippen LogP contribution in [0.15, 0.2) is 11.4 Å². The van der Waals surface area contributed by atoms with Gasteiger partial charge in [-0.3, -0.25) is 4.79 Å². The summed E-state index contributed by atoms with van der Waals surface area (Å²) in [5.74, 6) is 1.19. The normalized spacial score (nSPS) is 20.3. The molecule has 1 aromatic heterocycles. The van der Waals surface area contributed by atoms with Gasteiger partial charge in [0.2, 0.25) is 5.91 Å². The van der Waals surface area contributed by atoms with E-state index in [0.29, 0.717) is 13.0 Å². The molecule has 1 aromatic rings. The van der Waals surface area contributed by atoms with Gasteiger partial charge in [-0.1, -0.05) is 0 Å². The molecule has 0 radical (unpaired) electrons. The average molecular weight is 285 g/mol. The summed E-state index contributed by atoms with van der Waals surface area (Å²) in [4.78, 5) is 15.5. The van der Waals surface area contributed by atoms with E-state index in [1.807, 2.05) is 7.05 Å². The smallest absolute Gasteiger partial charge is 0.239 e. The molecule has 0 spiro atoms. The number of rotatable bonds is 4. The number of thiophene rings is 1. The fourth-order valence-corrected chi connectivity index (χ4v) is 4.45. The molecule has 0 saturated carbocycles. The van der Waals surface area contributed by atoms with Gasteiger partial charge in [0.15, 0.2) is 0 Å². The molecule has 1 aliphatic heterocycles. The first-order valence-electron chi connectivity index (χ1n) is 6.20. The molecule has 1 amide bonds. The van der Waals surface area contributed by atoms with Crippen LogP contribution in [0.3, 0.4) is 0 Å². The lowest BCUT2D eigenvalue weighted by molar-refractivity contribution is -0.129. The van der Waals surface area contributed by atoms with E-state index in [1.54, 1.807) is 34.9 Å². The number of fused-ring (bicyclic) bond motifs is 1. The number of carbonyl (C=O) groups is 1. The molecular weight excluding hydrogens is 266 g/mol. The molecule has 0 saturated heterocycles. The Bertz CT molecular complexity index is 417. The Morgan fingerprint density at radius 2 is 2.44 bits per heavy atom. The van der Waals surface area contributed by atoms with Crippen molar-refractivity contribution in [1.29, 1.82) is 0 Å². The van der Waals surface area contributed by atoms with Crippen LogP contribution in [-0.2, 0) is 11.2 Å². The van der Waals surface area contributed by atoms with Gasteiger partial charge in [-0.05, 0) is 42.5 Å². The highest BCUT2D eigenvalue weighted by molar-refractivity contribution is 8.00. The first kappa shape index (κ1) is 13.9. The van der Waals surface area contributed by atoms with Crippen LogP contribution < -0.4 is 0 Å². The van der Waals surface area contributed by atoms with E-state index in [2.05, 4.69) is 11.4 Å². The Kier molecular flexibility index (Phi) is 4.70. The predicted molar refractivity (Wildman–Crippen MR) is 77.2 cm³/mol. The van der Waals surface area contributed by atoms with Crippen molar-refractivity contribution in [2.24, 2.45) is 0 Å². The summed E-state index contributed by atoms with van der Waals surface area (Å²) in [6, 6.07) is 2.08. The molecule has 100 valence electrons. The standard InChI is InChI=1S/C13H19NO2S2/c1-9(15)3-6-14(2)13(16)12-10-4-7-17-11(10)5-8-18-12/h4,7,9,12,15H,3,5-6,8H2,1-2H3. The molecular formula is C13H19NO2S2. The van der Waals surface area contributed by atoms with Crippen LogP contribution >= 0.6 is 23.1 Å². The van der Waals surface area contributed by atoms with Crippen LogP contribution in [0.2, 0.25) is 0 Å². The Balaban J connectivity index is 2.02. The maximum Gasteiger partial charge on any atom is 0.239 e. The van der Waals surface area contributed by atoms with E-state index < -0.39 is 0 Å². The molecule has 2 unspecified atom stereocenters. The Morgan fingerprint density at radius 3 is 3.17 bits per heavy atom. The zero-order chi connectivity index (χ0) is 13.1. The van der Waals surface area contributed by atoms with Crippen molar-refractivity contribution in [3.8, 4) is 0 Å². The number of thioether (sulfide) groups is 1. The van der Waals surface area contributed by atoms with E-state index in [4.69, 9.17) is 0 Å². The van der Waals surface area contributed by atoms with E-state index in [1.165, 1.54) is 10.4 Å². The monoisotopic (exact) mass is 285 g/mol. The van der Waals surface area contributed by atoms with Crippen molar-refractivity contribution in [1.82, 2.24) is 4.90 Å². The first-order chi connectivity index (χ1) is 8.59. The fourth-order valence-electron chi connectivity index (χ4n) is 2.04. The summed E-state index contributed by atoms with van der Waals surface area (Å²) in [6.45, 7) is 2.37. The largest absolute Gasteiger partial charge is 0.393 e. The summed E-state index contributed by atoms with van der Waals surface area (Å²) in [5.41, 5.74) is 1.20. The van der Waals surface area contributed by atoms with Gasteiger partial charge in [0.1, 0.15) is 5.25 Å². The van der Waals surface area contributed by atoms with Gasteiger partial charge in [0.25, 0.3) is 0 Å². The Morgan fingerprint density at radius 1 is 1.67 bits per heavy atom. The average Bonchev–Trinajstić information content (AvgIpc) is 2.82. The molecule has 5 heteroatoms. The van der Waals surface area contributed by atoms with Gasteiger partial charge in [0.05, 0.1) is 6.10 Å². The number of nitrogens with zero attached hydrogens (tertiary/aromatic N) is 1. The molecule has 2 rings (SSSR count). The fraction of sp³-hybridized carbons (Fsp3) is 0.615. The van der Waals surface area contributed by atoms with Crippen molar-refractivity contribution in [2.45, 2.75) is 31.1 Å². The molecule has 2 heterocycles. The Labute approximate surface area is 116 Å². The van der Waals surface area contributed by atoms with Crippen LogP contribution in [0.4, 0.5) is 0 Å². The van der Waals surface area contributed by atoms with Gasteiger partial charge in [-0.15, -0.1) is 23.1 Å². The second kappa shape index (κ2) is 6.08. The minimum absolute atomic E-state index is 0.0426. The number of likely N-dealkylation sites (N-methyl/N-ethyl adjacent to an activating group) is 1.